The quantitative estimate of drug-likeness (QED) is 0.520. The molecule has 0 aliphatic heterocycles. The zero-order valence-corrected chi connectivity index (χ0v) is 17.7. The number of imidazole rings is 1. The molecule has 30 heavy (non-hydrogen) atoms. The molecule has 152 valence electrons. The summed E-state index contributed by atoms with van der Waals surface area (Å²) in [5, 5.41) is 2.99. The van der Waals surface area contributed by atoms with E-state index in [0.29, 0.717) is 18.0 Å². The number of nitrogens with zero attached hydrogens (tertiary/aromatic N) is 4. The average Bonchev–Trinajstić information content (AvgIpc) is 3.17. The van der Waals surface area contributed by atoms with E-state index in [1.165, 1.54) is 0 Å². The number of carbonyl (C=O) groups is 1. The summed E-state index contributed by atoms with van der Waals surface area (Å²) in [6.45, 7) is 8.83. The van der Waals surface area contributed by atoms with Crippen molar-refractivity contribution in [3.8, 4) is 0 Å². The summed E-state index contributed by atoms with van der Waals surface area (Å²) in [5.74, 6) is 1.23. The number of rotatable bonds is 5. The normalized spacial score (nSPS) is 11.2. The third-order valence-electron chi connectivity index (χ3n) is 5.14. The summed E-state index contributed by atoms with van der Waals surface area (Å²) in [6, 6.07) is 13.3. The standard InChI is InChI=1S/C24H25N5O/c1-15(2)23-25-10-11-29(23)14-18-6-5-7-20(12-18)28-24(30)19-8-9-21-22(13-19)27-17(4)16(3)26-21/h5-13,15H,14H2,1-4H3,(H,28,30). The molecule has 0 aliphatic carbocycles. The highest BCUT2D eigenvalue weighted by Gasteiger charge is 2.11. The maximum Gasteiger partial charge on any atom is 0.255 e. The Morgan fingerprint density at radius 2 is 1.80 bits per heavy atom. The molecule has 4 rings (SSSR count). The minimum Gasteiger partial charge on any atom is -0.330 e. The third kappa shape index (κ3) is 4.08. The van der Waals surface area contributed by atoms with E-state index in [4.69, 9.17) is 0 Å². The van der Waals surface area contributed by atoms with Crippen LogP contribution in [0.25, 0.3) is 11.0 Å². The van der Waals surface area contributed by atoms with Crippen LogP contribution < -0.4 is 5.32 Å². The maximum absolute atomic E-state index is 12.8. The zero-order valence-electron chi connectivity index (χ0n) is 17.7. The summed E-state index contributed by atoms with van der Waals surface area (Å²) in [4.78, 5) is 26.3. The Labute approximate surface area is 176 Å². The molecule has 2 aromatic carbocycles. The first kappa shape index (κ1) is 19.8. The van der Waals surface area contributed by atoms with Gasteiger partial charge in [0.2, 0.25) is 0 Å². The molecule has 0 atom stereocenters. The van der Waals surface area contributed by atoms with Gasteiger partial charge in [0.1, 0.15) is 5.82 Å². The van der Waals surface area contributed by atoms with Crippen molar-refractivity contribution >= 4 is 22.6 Å². The number of hydrogen-bond acceptors (Lipinski definition) is 4. The van der Waals surface area contributed by atoms with Crippen LogP contribution in [0.3, 0.4) is 0 Å². The lowest BCUT2D eigenvalue weighted by molar-refractivity contribution is 0.102. The van der Waals surface area contributed by atoms with E-state index in [1.807, 2.05) is 50.5 Å². The second-order valence-corrected chi connectivity index (χ2v) is 7.82. The number of amides is 1. The van der Waals surface area contributed by atoms with Gasteiger partial charge in [-0.2, -0.15) is 0 Å². The molecule has 0 unspecified atom stereocenters. The van der Waals surface area contributed by atoms with E-state index in [-0.39, 0.29) is 5.91 Å². The molecular formula is C24H25N5O. The minimum absolute atomic E-state index is 0.167. The highest BCUT2D eigenvalue weighted by Crippen LogP contribution is 2.19. The van der Waals surface area contributed by atoms with Gasteiger partial charge < -0.3 is 9.88 Å². The van der Waals surface area contributed by atoms with Crippen molar-refractivity contribution in [1.82, 2.24) is 19.5 Å². The lowest BCUT2D eigenvalue weighted by atomic mass is 10.1. The SMILES string of the molecule is Cc1nc2ccc(C(=O)Nc3cccc(Cn4ccnc4C(C)C)c3)cc2nc1C. The fraction of sp³-hybridized carbons (Fsp3) is 0.250. The van der Waals surface area contributed by atoms with Gasteiger partial charge in [-0.3, -0.25) is 4.79 Å². The molecule has 2 aromatic heterocycles. The monoisotopic (exact) mass is 399 g/mol. The second kappa shape index (κ2) is 8.06. The lowest BCUT2D eigenvalue weighted by Crippen LogP contribution is -2.12. The number of benzene rings is 2. The molecule has 0 radical (unpaired) electrons. The van der Waals surface area contributed by atoms with Crippen molar-refractivity contribution < 1.29 is 4.79 Å². The van der Waals surface area contributed by atoms with Gasteiger partial charge in [-0.1, -0.05) is 26.0 Å². The van der Waals surface area contributed by atoms with Crippen molar-refractivity contribution in [2.24, 2.45) is 0 Å². The Morgan fingerprint density at radius 1 is 1.03 bits per heavy atom. The topological polar surface area (TPSA) is 72.7 Å². The molecule has 6 nitrogen and oxygen atoms in total. The van der Waals surface area contributed by atoms with Gasteiger partial charge in [0.05, 0.1) is 22.4 Å². The molecule has 6 heteroatoms. The maximum atomic E-state index is 12.8. The Kier molecular flexibility index (Phi) is 5.31. The molecule has 4 aromatic rings. The fourth-order valence-corrected chi connectivity index (χ4v) is 3.47. The van der Waals surface area contributed by atoms with Crippen molar-refractivity contribution in [1.29, 1.82) is 0 Å². The summed E-state index contributed by atoms with van der Waals surface area (Å²) in [5.41, 5.74) is 5.70. The van der Waals surface area contributed by atoms with Gasteiger partial charge >= 0.3 is 0 Å². The summed E-state index contributed by atoms with van der Waals surface area (Å²) < 4.78 is 2.14. The van der Waals surface area contributed by atoms with Crippen LogP contribution in [0.1, 0.15) is 52.9 Å². The van der Waals surface area contributed by atoms with E-state index < -0.39 is 0 Å². The van der Waals surface area contributed by atoms with Crippen molar-refractivity contribution in [3.05, 3.63) is 83.2 Å². The summed E-state index contributed by atoms with van der Waals surface area (Å²) in [7, 11) is 0. The third-order valence-corrected chi connectivity index (χ3v) is 5.14. The minimum atomic E-state index is -0.167. The van der Waals surface area contributed by atoms with Crippen LogP contribution in [0.4, 0.5) is 5.69 Å². The van der Waals surface area contributed by atoms with Crippen molar-refractivity contribution in [2.45, 2.75) is 40.2 Å². The Bertz CT molecular complexity index is 1230. The van der Waals surface area contributed by atoms with Crippen LogP contribution in [-0.2, 0) is 6.54 Å². The van der Waals surface area contributed by atoms with E-state index in [9.17, 15) is 4.79 Å². The first-order valence-corrected chi connectivity index (χ1v) is 10.1. The molecule has 0 bridgehead atoms. The van der Waals surface area contributed by atoms with Gasteiger partial charge in [-0.15, -0.1) is 0 Å². The first-order chi connectivity index (χ1) is 14.4. The second-order valence-electron chi connectivity index (χ2n) is 7.82. The predicted octanol–water partition coefficient (Wildman–Crippen LogP) is 4.87. The first-order valence-electron chi connectivity index (χ1n) is 10.1. The summed E-state index contributed by atoms with van der Waals surface area (Å²) in [6.07, 6.45) is 3.81. The predicted molar refractivity (Wildman–Crippen MR) is 119 cm³/mol. The molecule has 0 saturated heterocycles. The van der Waals surface area contributed by atoms with Crippen LogP contribution >= 0.6 is 0 Å². The largest absolute Gasteiger partial charge is 0.330 e. The van der Waals surface area contributed by atoms with E-state index in [2.05, 4.69) is 44.7 Å². The van der Waals surface area contributed by atoms with Gasteiger partial charge in [-0.25, -0.2) is 15.0 Å². The van der Waals surface area contributed by atoms with Gasteiger partial charge in [-0.05, 0) is 49.7 Å². The van der Waals surface area contributed by atoms with Crippen LogP contribution in [0, 0.1) is 13.8 Å². The molecule has 1 amide bonds. The van der Waals surface area contributed by atoms with Crippen LogP contribution in [0.5, 0.6) is 0 Å². The van der Waals surface area contributed by atoms with Crippen LogP contribution in [0.2, 0.25) is 0 Å². The Balaban J connectivity index is 1.53. The molecule has 0 saturated carbocycles. The van der Waals surface area contributed by atoms with Gasteiger partial charge in [0.25, 0.3) is 5.91 Å². The highest BCUT2D eigenvalue weighted by molar-refractivity contribution is 6.05. The average molecular weight is 399 g/mol. The van der Waals surface area contributed by atoms with Crippen LogP contribution in [0.15, 0.2) is 54.9 Å². The van der Waals surface area contributed by atoms with Gasteiger partial charge in [0.15, 0.2) is 0 Å². The molecule has 0 aliphatic rings. The number of nitrogens with one attached hydrogen (secondary N) is 1. The molecule has 0 spiro atoms. The Morgan fingerprint density at radius 3 is 2.57 bits per heavy atom. The Hall–Kier alpha value is -3.54. The smallest absolute Gasteiger partial charge is 0.255 e. The van der Waals surface area contributed by atoms with E-state index in [0.717, 1.165) is 39.5 Å². The van der Waals surface area contributed by atoms with Crippen molar-refractivity contribution in [3.63, 3.8) is 0 Å². The number of carbonyl (C=O) groups excluding carboxylic acids is 1. The summed E-state index contributed by atoms with van der Waals surface area (Å²) >= 11 is 0. The van der Waals surface area contributed by atoms with E-state index >= 15 is 0 Å². The van der Waals surface area contributed by atoms with Crippen molar-refractivity contribution in [2.75, 3.05) is 5.32 Å². The zero-order chi connectivity index (χ0) is 21.3. The van der Waals surface area contributed by atoms with Gasteiger partial charge in [0, 0.05) is 36.1 Å². The molecule has 0 fully saturated rings. The van der Waals surface area contributed by atoms with E-state index in [1.54, 1.807) is 12.1 Å². The van der Waals surface area contributed by atoms with Crippen LogP contribution in [-0.4, -0.2) is 25.4 Å². The molecular weight excluding hydrogens is 374 g/mol. The fourth-order valence-electron chi connectivity index (χ4n) is 3.47. The number of fused-ring (bicyclic) bond motifs is 1. The highest BCUT2D eigenvalue weighted by atomic mass is 16.1. The number of aryl methyl sites for hydroxylation is 2. The molecule has 1 N–H and O–H groups in total. The number of aromatic nitrogens is 4. The lowest BCUT2D eigenvalue weighted by Gasteiger charge is -2.12. The number of hydrogen-bond donors (Lipinski definition) is 1. The number of anilines is 1. The molecule has 2 heterocycles.